The van der Waals surface area contributed by atoms with Gasteiger partial charge in [-0.15, -0.1) is 10.2 Å². The molecule has 0 bridgehead atoms. The first kappa shape index (κ1) is 14.7. The van der Waals surface area contributed by atoms with E-state index in [9.17, 15) is 13.2 Å². The van der Waals surface area contributed by atoms with E-state index in [4.69, 9.17) is 10.5 Å². The molecule has 20 heavy (non-hydrogen) atoms. The largest absolute Gasteiger partial charge is 0.417 e. The van der Waals surface area contributed by atoms with E-state index in [1.807, 2.05) is 0 Å². The van der Waals surface area contributed by atoms with Gasteiger partial charge in [-0.25, -0.2) is 0 Å². The van der Waals surface area contributed by atoms with Crippen LogP contribution in [-0.2, 0) is 10.9 Å². The van der Waals surface area contributed by atoms with Crippen molar-refractivity contribution in [3.8, 4) is 0 Å². The minimum atomic E-state index is -4.41. The number of nitrogens with zero attached hydrogens (tertiary/aromatic N) is 3. The Morgan fingerprint density at radius 3 is 2.75 bits per heavy atom. The third kappa shape index (κ3) is 3.07. The molecule has 0 radical (unpaired) electrons. The van der Waals surface area contributed by atoms with E-state index in [1.54, 1.807) is 7.11 Å². The van der Waals surface area contributed by atoms with Crippen molar-refractivity contribution in [3.05, 3.63) is 29.7 Å². The number of ether oxygens (including phenoxy) is 1. The summed E-state index contributed by atoms with van der Waals surface area (Å²) < 4.78 is 44.3. The van der Waals surface area contributed by atoms with Crippen LogP contribution >= 0.6 is 0 Å². The summed E-state index contributed by atoms with van der Waals surface area (Å²) in [5.74, 6) is 0.321. The molecule has 0 amide bonds. The lowest BCUT2D eigenvalue weighted by atomic mass is 10.1. The number of hydrogen-bond acceptors (Lipinski definition) is 4. The number of methoxy groups -OCH3 is 1. The Kier molecular flexibility index (Phi) is 4.24. The highest BCUT2D eigenvalue weighted by atomic mass is 19.4. The number of nitrogens with two attached hydrogens (primary N) is 1. The molecule has 2 aromatic rings. The van der Waals surface area contributed by atoms with Gasteiger partial charge in [-0.05, 0) is 25.0 Å². The zero-order chi connectivity index (χ0) is 14.8. The second kappa shape index (κ2) is 5.76. The van der Waals surface area contributed by atoms with Gasteiger partial charge in [-0.1, -0.05) is 0 Å². The van der Waals surface area contributed by atoms with Crippen LogP contribution < -0.4 is 5.73 Å². The van der Waals surface area contributed by atoms with E-state index in [0.717, 1.165) is 12.3 Å². The lowest BCUT2D eigenvalue weighted by Gasteiger charge is -2.11. The molecule has 0 spiro atoms. The summed E-state index contributed by atoms with van der Waals surface area (Å²) in [6.07, 6.45) is -2.17. The van der Waals surface area contributed by atoms with Crippen molar-refractivity contribution in [1.29, 1.82) is 0 Å². The fourth-order valence-electron chi connectivity index (χ4n) is 1.91. The average Bonchev–Trinajstić information content (AvgIpc) is 2.80. The van der Waals surface area contributed by atoms with Gasteiger partial charge < -0.3 is 10.5 Å². The van der Waals surface area contributed by atoms with Gasteiger partial charge in [0, 0.05) is 19.9 Å². The van der Waals surface area contributed by atoms with Crippen LogP contribution in [0.1, 0.15) is 30.3 Å². The van der Waals surface area contributed by atoms with Crippen molar-refractivity contribution in [2.45, 2.75) is 25.1 Å². The van der Waals surface area contributed by atoms with Crippen LogP contribution in [0.3, 0.4) is 0 Å². The summed E-state index contributed by atoms with van der Waals surface area (Å²) >= 11 is 0. The van der Waals surface area contributed by atoms with Crippen LogP contribution in [0.4, 0.5) is 13.2 Å². The Hall–Kier alpha value is -1.67. The molecule has 1 unspecified atom stereocenters. The third-order valence-electron chi connectivity index (χ3n) is 2.95. The number of alkyl halides is 3. The molecule has 110 valence electrons. The summed E-state index contributed by atoms with van der Waals surface area (Å²) in [5, 5.41) is 7.70. The van der Waals surface area contributed by atoms with Gasteiger partial charge in [0.2, 0.25) is 0 Å². The van der Waals surface area contributed by atoms with Gasteiger partial charge in [0.05, 0.1) is 11.6 Å². The molecule has 2 heterocycles. The highest BCUT2D eigenvalue weighted by Crippen LogP contribution is 2.29. The smallest absolute Gasteiger partial charge is 0.385 e. The average molecular weight is 288 g/mol. The zero-order valence-corrected chi connectivity index (χ0v) is 10.9. The fourth-order valence-corrected chi connectivity index (χ4v) is 1.91. The van der Waals surface area contributed by atoms with Crippen LogP contribution in [0.5, 0.6) is 0 Å². The Morgan fingerprint density at radius 1 is 1.35 bits per heavy atom. The van der Waals surface area contributed by atoms with Gasteiger partial charge in [0.1, 0.15) is 0 Å². The number of pyridine rings is 1. The normalized spacial score (nSPS) is 13.8. The first-order chi connectivity index (χ1) is 9.43. The molecule has 0 aliphatic rings. The quantitative estimate of drug-likeness (QED) is 0.856. The number of halogens is 3. The van der Waals surface area contributed by atoms with E-state index >= 15 is 0 Å². The summed E-state index contributed by atoms with van der Waals surface area (Å²) in [5.41, 5.74) is 5.53. The molecule has 0 aliphatic heterocycles. The molecule has 5 nitrogen and oxygen atoms in total. The summed E-state index contributed by atoms with van der Waals surface area (Å²) in [6.45, 7) is 0.540. The Morgan fingerprint density at radius 2 is 2.10 bits per heavy atom. The number of hydrogen-bond donors (Lipinski definition) is 1. The minimum Gasteiger partial charge on any atom is -0.385 e. The molecular weight excluding hydrogens is 273 g/mol. The third-order valence-corrected chi connectivity index (χ3v) is 2.95. The van der Waals surface area contributed by atoms with Crippen molar-refractivity contribution in [3.63, 3.8) is 0 Å². The van der Waals surface area contributed by atoms with E-state index in [-0.39, 0.29) is 0 Å². The van der Waals surface area contributed by atoms with Crippen molar-refractivity contribution >= 4 is 5.65 Å². The molecule has 0 saturated heterocycles. The molecule has 2 aromatic heterocycles. The van der Waals surface area contributed by atoms with Crippen LogP contribution in [0.15, 0.2) is 18.3 Å². The first-order valence-corrected chi connectivity index (χ1v) is 6.10. The number of aromatic nitrogens is 3. The lowest BCUT2D eigenvalue weighted by Crippen LogP contribution is -2.15. The minimum absolute atomic E-state index is 0.321. The first-order valence-electron chi connectivity index (χ1n) is 6.10. The van der Waals surface area contributed by atoms with E-state index in [1.165, 1.54) is 10.5 Å². The maximum absolute atomic E-state index is 12.7. The predicted octanol–water partition coefficient (Wildman–Crippen LogP) is 2.17. The molecule has 0 aliphatic carbocycles. The summed E-state index contributed by atoms with van der Waals surface area (Å²) in [6, 6.07) is 1.77. The van der Waals surface area contributed by atoms with Gasteiger partial charge >= 0.3 is 6.18 Å². The second-order valence-corrected chi connectivity index (χ2v) is 4.44. The zero-order valence-electron chi connectivity index (χ0n) is 10.9. The Labute approximate surface area is 113 Å². The van der Waals surface area contributed by atoms with Crippen molar-refractivity contribution in [2.24, 2.45) is 5.73 Å². The highest BCUT2D eigenvalue weighted by molar-refractivity contribution is 5.40. The summed E-state index contributed by atoms with van der Waals surface area (Å²) in [4.78, 5) is 0. The number of fused-ring (bicyclic) bond motifs is 1. The van der Waals surface area contributed by atoms with Crippen molar-refractivity contribution < 1.29 is 17.9 Å². The van der Waals surface area contributed by atoms with E-state index < -0.39 is 17.8 Å². The molecule has 8 heteroatoms. The van der Waals surface area contributed by atoms with Crippen molar-refractivity contribution in [1.82, 2.24) is 14.6 Å². The van der Waals surface area contributed by atoms with Crippen LogP contribution in [0.2, 0.25) is 0 Å². The fraction of sp³-hybridized carbons (Fsp3) is 0.500. The second-order valence-electron chi connectivity index (χ2n) is 4.44. The van der Waals surface area contributed by atoms with Gasteiger partial charge in [-0.2, -0.15) is 13.2 Å². The molecule has 0 aromatic carbocycles. The van der Waals surface area contributed by atoms with Crippen molar-refractivity contribution in [2.75, 3.05) is 13.7 Å². The molecular formula is C12H15F3N4O. The Balaban J connectivity index is 2.29. The van der Waals surface area contributed by atoms with Crippen LogP contribution in [0, 0.1) is 0 Å². The molecule has 2 N–H and O–H groups in total. The maximum atomic E-state index is 12.7. The standard InChI is InChI=1S/C12H15F3N4O/c1-20-6-2-3-9(16)11-18-17-10-5-4-8(7-19(10)11)12(13,14)15/h4-5,7,9H,2-3,6,16H2,1H3. The molecule has 0 fully saturated rings. The molecule has 2 rings (SSSR count). The van der Waals surface area contributed by atoms with Gasteiger partial charge in [-0.3, -0.25) is 4.40 Å². The van der Waals surface area contributed by atoms with Crippen LogP contribution in [-0.4, -0.2) is 28.3 Å². The van der Waals surface area contributed by atoms with Crippen LogP contribution in [0.25, 0.3) is 5.65 Å². The summed E-state index contributed by atoms with van der Waals surface area (Å²) in [7, 11) is 1.58. The molecule has 1 atom stereocenters. The monoisotopic (exact) mass is 288 g/mol. The highest BCUT2D eigenvalue weighted by Gasteiger charge is 2.31. The van der Waals surface area contributed by atoms with Gasteiger partial charge in [0.15, 0.2) is 11.5 Å². The van der Waals surface area contributed by atoms with E-state index in [0.29, 0.717) is 30.9 Å². The lowest BCUT2D eigenvalue weighted by molar-refractivity contribution is -0.137. The number of rotatable bonds is 5. The maximum Gasteiger partial charge on any atom is 0.417 e. The molecule has 0 saturated carbocycles. The van der Waals surface area contributed by atoms with Gasteiger partial charge in [0.25, 0.3) is 0 Å². The topological polar surface area (TPSA) is 65.4 Å². The van der Waals surface area contributed by atoms with E-state index in [2.05, 4.69) is 10.2 Å². The Bertz CT molecular complexity index is 582. The SMILES string of the molecule is COCCCC(N)c1nnc2ccc(C(F)(F)F)cn12. The predicted molar refractivity (Wildman–Crippen MR) is 66.0 cm³/mol.